The Balaban J connectivity index is 1.47. The zero-order valence-corrected chi connectivity index (χ0v) is 17.2. The largest absolute Gasteiger partial charge is 0.457 e. The van der Waals surface area contributed by atoms with E-state index in [4.69, 9.17) is 4.74 Å². The molecule has 1 atom stereocenters. The summed E-state index contributed by atoms with van der Waals surface area (Å²) in [5.74, 6) is 1.32. The number of nitrogens with zero attached hydrogens (tertiary/aromatic N) is 4. The van der Waals surface area contributed by atoms with E-state index in [9.17, 15) is 9.90 Å². The van der Waals surface area contributed by atoms with Crippen molar-refractivity contribution in [1.82, 2.24) is 19.9 Å². The molecule has 3 aromatic rings. The van der Waals surface area contributed by atoms with Gasteiger partial charge in [-0.2, -0.15) is 15.0 Å². The van der Waals surface area contributed by atoms with Crippen molar-refractivity contribution in [2.24, 2.45) is 0 Å². The van der Waals surface area contributed by atoms with Crippen molar-refractivity contribution in [3.8, 4) is 11.5 Å². The Hall–Kier alpha value is -3.19. The molecule has 1 aromatic heterocycles. The van der Waals surface area contributed by atoms with E-state index in [0.717, 1.165) is 18.6 Å². The fourth-order valence-electron chi connectivity index (χ4n) is 3.56. The SMILES string of the molecule is CC(C)(O)c1cnn(C2CCCN(C(=O)c3cccc(Oc4ccccc4)c3)C2)n1. The topological polar surface area (TPSA) is 80.5 Å². The first-order valence-corrected chi connectivity index (χ1v) is 10.2. The summed E-state index contributed by atoms with van der Waals surface area (Å²) in [7, 11) is 0. The normalized spacial score (nSPS) is 17.0. The summed E-state index contributed by atoms with van der Waals surface area (Å²) >= 11 is 0. The molecule has 1 aliphatic rings. The molecule has 1 saturated heterocycles. The number of benzene rings is 2. The molecule has 2 aromatic carbocycles. The summed E-state index contributed by atoms with van der Waals surface area (Å²) < 4.78 is 5.86. The number of likely N-dealkylation sites (tertiary alicyclic amines) is 1. The number of carbonyl (C=O) groups is 1. The van der Waals surface area contributed by atoms with Crippen LogP contribution in [0.4, 0.5) is 0 Å². The summed E-state index contributed by atoms with van der Waals surface area (Å²) in [5, 5.41) is 18.9. The molecule has 0 spiro atoms. The highest BCUT2D eigenvalue weighted by molar-refractivity contribution is 5.94. The van der Waals surface area contributed by atoms with Crippen LogP contribution in [0.2, 0.25) is 0 Å². The molecule has 0 bridgehead atoms. The predicted molar refractivity (Wildman–Crippen MR) is 112 cm³/mol. The maximum Gasteiger partial charge on any atom is 0.254 e. The van der Waals surface area contributed by atoms with Crippen molar-refractivity contribution in [2.45, 2.75) is 38.3 Å². The maximum atomic E-state index is 13.1. The quantitative estimate of drug-likeness (QED) is 0.698. The van der Waals surface area contributed by atoms with E-state index in [1.165, 1.54) is 0 Å². The molecule has 4 rings (SSSR count). The summed E-state index contributed by atoms with van der Waals surface area (Å²) in [6.45, 7) is 4.59. The average Bonchev–Trinajstić information content (AvgIpc) is 3.25. The second-order valence-electron chi connectivity index (χ2n) is 8.10. The first-order valence-electron chi connectivity index (χ1n) is 10.2. The molecule has 1 amide bonds. The van der Waals surface area contributed by atoms with Gasteiger partial charge in [0.05, 0.1) is 12.2 Å². The van der Waals surface area contributed by atoms with Gasteiger partial charge < -0.3 is 14.7 Å². The minimum Gasteiger partial charge on any atom is -0.457 e. The van der Waals surface area contributed by atoms with Crippen LogP contribution in [0.25, 0.3) is 0 Å². The lowest BCUT2D eigenvalue weighted by Gasteiger charge is -2.32. The fraction of sp³-hybridized carbons (Fsp3) is 0.348. The average molecular weight is 406 g/mol. The van der Waals surface area contributed by atoms with Gasteiger partial charge in [-0.1, -0.05) is 24.3 Å². The van der Waals surface area contributed by atoms with Crippen molar-refractivity contribution in [3.63, 3.8) is 0 Å². The van der Waals surface area contributed by atoms with Gasteiger partial charge in [-0.15, -0.1) is 0 Å². The van der Waals surface area contributed by atoms with Gasteiger partial charge in [0, 0.05) is 18.7 Å². The Bertz CT molecular complexity index is 1010. The molecule has 1 fully saturated rings. The lowest BCUT2D eigenvalue weighted by molar-refractivity contribution is 0.0640. The number of aliphatic hydroxyl groups is 1. The molecule has 30 heavy (non-hydrogen) atoms. The molecule has 1 unspecified atom stereocenters. The zero-order chi connectivity index (χ0) is 21.1. The summed E-state index contributed by atoms with van der Waals surface area (Å²) in [5.41, 5.74) is 0.0770. The van der Waals surface area contributed by atoms with Crippen LogP contribution < -0.4 is 4.74 Å². The molecule has 0 radical (unpaired) electrons. The van der Waals surface area contributed by atoms with Crippen LogP contribution in [-0.2, 0) is 5.60 Å². The Kier molecular flexibility index (Phi) is 5.55. The molecular formula is C23H26N4O3. The highest BCUT2D eigenvalue weighted by Gasteiger charge is 2.28. The van der Waals surface area contributed by atoms with E-state index >= 15 is 0 Å². The van der Waals surface area contributed by atoms with Crippen LogP contribution in [0, 0.1) is 0 Å². The molecule has 0 aliphatic carbocycles. The van der Waals surface area contributed by atoms with E-state index in [1.807, 2.05) is 53.4 Å². The minimum absolute atomic E-state index is 0.0115. The number of rotatable bonds is 5. The Morgan fingerprint density at radius 1 is 1.13 bits per heavy atom. The van der Waals surface area contributed by atoms with Crippen LogP contribution in [0.3, 0.4) is 0 Å². The van der Waals surface area contributed by atoms with Crippen LogP contribution in [-0.4, -0.2) is 44.0 Å². The monoisotopic (exact) mass is 406 g/mol. The number of ether oxygens (including phenoxy) is 1. The molecule has 1 N–H and O–H groups in total. The second-order valence-corrected chi connectivity index (χ2v) is 8.10. The van der Waals surface area contributed by atoms with Gasteiger partial charge in [-0.25, -0.2) is 0 Å². The van der Waals surface area contributed by atoms with Gasteiger partial charge in [0.1, 0.15) is 22.8 Å². The third-order valence-electron chi connectivity index (χ3n) is 5.21. The molecule has 1 aliphatic heterocycles. The van der Waals surface area contributed by atoms with E-state index in [0.29, 0.717) is 30.1 Å². The number of amides is 1. The van der Waals surface area contributed by atoms with Gasteiger partial charge in [0.25, 0.3) is 5.91 Å². The van der Waals surface area contributed by atoms with Crippen molar-refractivity contribution in [3.05, 3.63) is 72.1 Å². The number of hydrogen-bond donors (Lipinski definition) is 1. The Morgan fingerprint density at radius 2 is 1.90 bits per heavy atom. The first kappa shape index (κ1) is 20.1. The highest BCUT2D eigenvalue weighted by Crippen LogP contribution is 2.26. The number of piperidine rings is 1. The Labute approximate surface area is 175 Å². The highest BCUT2D eigenvalue weighted by atomic mass is 16.5. The molecule has 7 nitrogen and oxygen atoms in total. The molecule has 0 saturated carbocycles. The van der Waals surface area contributed by atoms with Crippen molar-refractivity contribution < 1.29 is 14.6 Å². The van der Waals surface area contributed by atoms with Gasteiger partial charge in [-0.3, -0.25) is 4.79 Å². The zero-order valence-electron chi connectivity index (χ0n) is 17.2. The smallest absolute Gasteiger partial charge is 0.254 e. The maximum absolute atomic E-state index is 13.1. The molecule has 2 heterocycles. The van der Waals surface area contributed by atoms with Gasteiger partial charge in [0.2, 0.25) is 0 Å². The van der Waals surface area contributed by atoms with Crippen molar-refractivity contribution in [1.29, 1.82) is 0 Å². The minimum atomic E-state index is -1.04. The second kappa shape index (κ2) is 8.28. The fourth-order valence-corrected chi connectivity index (χ4v) is 3.56. The molecule has 156 valence electrons. The summed E-state index contributed by atoms with van der Waals surface area (Å²) in [6, 6.07) is 16.7. The lowest BCUT2D eigenvalue weighted by Crippen LogP contribution is -2.41. The third-order valence-corrected chi connectivity index (χ3v) is 5.21. The molecule has 7 heteroatoms. The molecular weight excluding hydrogens is 380 g/mol. The van der Waals surface area contributed by atoms with Crippen LogP contribution in [0.5, 0.6) is 11.5 Å². The summed E-state index contributed by atoms with van der Waals surface area (Å²) in [4.78, 5) is 16.6. The predicted octanol–water partition coefficient (Wildman–Crippen LogP) is 3.78. The van der Waals surface area contributed by atoms with Crippen molar-refractivity contribution in [2.75, 3.05) is 13.1 Å². The van der Waals surface area contributed by atoms with E-state index in [-0.39, 0.29) is 11.9 Å². The van der Waals surface area contributed by atoms with Crippen LogP contribution in [0.15, 0.2) is 60.8 Å². The van der Waals surface area contributed by atoms with Crippen LogP contribution in [0.1, 0.15) is 48.8 Å². The number of aromatic nitrogens is 3. The van der Waals surface area contributed by atoms with E-state index < -0.39 is 5.60 Å². The van der Waals surface area contributed by atoms with Crippen LogP contribution >= 0.6 is 0 Å². The van der Waals surface area contributed by atoms with E-state index in [2.05, 4.69) is 10.2 Å². The van der Waals surface area contributed by atoms with Gasteiger partial charge in [0.15, 0.2) is 0 Å². The van der Waals surface area contributed by atoms with Crippen molar-refractivity contribution >= 4 is 5.91 Å². The lowest BCUT2D eigenvalue weighted by atomic mass is 10.0. The number of hydrogen-bond acceptors (Lipinski definition) is 5. The third kappa shape index (κ3) is 4.52. The number of carbonyl (C=O) groups excluding carboxylic acids is 1. The van der Waals surface area contributed by atoms with E-state index in [1.54, 1.807) is 30.9 Å². The van der Waals surface area contributed by atoms with Gasteiger partial charge >= 0.3 is 0 Å². The summed E-state index contributed by atoms with van der Waals surface area (Å²) in [6.07, 6.45) is 3.35. The first-order chi connectivity index (χ1) is 14.4. The van der Waals surface area contributed by atoms with Gasteiger partial charge in [-0.05, 0) is 57.0 Å². The Morgan fingerprint density at radius 3 is 2.63 bits per heavy atom. The number of para-hydroxylation sites is 1. The standard InChI is InChI=1S/C23H26N4O3/c1-23(2,29)21-15-24-27(25-21)18-9-7-13-26(16-18)22(28)17-8-6-12-20(14-17)30-19-10-4-3-5-11-19/h3-6,8,10-12,14-15,18,29H,7,9,13,16H2,1-2H3.